The van der Waals surface area contributed by atoms with E-state index in [0.29, 0.717) is 18.2 Å². The highest BCUT2D eigenvalue weighted by atomic mass is 35.5. The van der Waals surface area contributed by atoms with E-state index in [1.807, 2.05) is 42.6 Å². The Labute approximate surface area is 188 Å². The lowest BCUT2D eigenvalue weighted by Gasteiger charge is -2.39. The summed E-state index contributed by atoms with van der Waals surface area (Å²) >= 11 is 5.99. The summed E-state index contributed by atoms with van der Waals surface area (Å²) in [6.45, 7) is 3.69. The van der Waals surface area contributed by atoms with Crippen molar-refractivity contribution in [1.82, 2.24) is 9.47 Å². The van der Waals surface area contributed by atoms with E-state index >= 15 is 0 Å². The maximum Gasteiger partial charge on any atom is 0.161 e. The molecule has 0 spiro atoms. The second-order valence-electron chi connectivity index (χ2n) is 8.95. The predicted molar refractivity (Wildman–Crippen MR) is 125 cm³/mol. The fourth-order valence-electron chi connectivity index (χ4n) is 5.53. The molecule has 3 atom stereocenters. The van der Waals surface area contributed by atoms with Crippen LogP contribution in [0.1, 0.15) is 49.4 Å². The van der Waals surface area contributed by atoms with Crippen molar-refractivity contribution in [1.29, 1.82) is 0 Å². The minimum atomic E-state index is 0.135. The Morgan fingerprint density at radius 2 is 1.74 bits per heavy atom. The van der Waals surface area contributed by atoms with E-state index in [-0.39, 0.29) is 5.78 Å². The SMILES string of the molecule is CC(=O)c1cn(CCCN2[C@@H]3CC[C@H]2CC(Oc2ccc(Cl)cc2)C3)c2ccccc12. The number of rotatable bonds is 7. The van der Waals surface area contributed by atoms with Gasteiger partial charge in [-0.15, -0.1) is 0 Å². The number of hydrogen-bond acceptors (Lipinski definition) is 3. The molecule has 1 aromatic heterocycles. The fraction of sp³-hybridized carbons (Fsp3) is 0.423. The van der Waals surface area contributed by atoms with Crippen LogP contribution in [0.15, 0.2) is 54.7 Å². The summed E-state index contributed by atoms with van der Waals surface area (Å²) in [5, 5.41) is 1.81. The molecule has 0 aliphatic carbocycles. The van der Waals surface area contributed by atoms with Gasteiger partial charge in [0.25, 0.3) is 0 Å². The van der Waals surface area contributed by atoms with Crippen molar-refractivity contribution < 1.29 is 9.53 Å². The van der Waals surface area contributed by atoms with E-state index in [2.05, 4.69) is 21.6 Å². The molecule has 2 bridgehead atoms. The zero-order chi connectivity index (χ0) is 21.4. The van der Waals surface area contributed by atoms with Gasteiger partial charge in [0.1, 0.15) is 11.9 Å². The van der Waals surface area contributed by atoms with Crippen molar-refractivity contribution in [2.24, 2.45) is 0 Å². The van der Waals surface area contributed by atoms with Gasteiger partial charge in [-0.05, 0) is 69.4 Å². The van der Waals surface area contributed by atoms with Crippen LogP contribution in [0.3, 0.4) is 0 Å². The van der Waals surface area contributed by atoms with Crippen LogP contribution in [0, 0.1) is 0 Å². The molecule has 31 heavy (non-hydrogen) atoms. The van der Waals surface area contributed by atoms with Gasteiger partial charge in [-0.2, -0.15) is 0 Å². The molecule has 2 saturated heterocycles. The number of para-hydroxylation sites is 1. The molecular formula is C26H29ClN2O2. The van der Waals surface area contributed by atoms with Gasteiger partial charge in [0, 0.05) is 52.9 Å². The lowest BCUT2D eigenvalue weighted by molar-refractivity contribution is 0.0482. The summed E-state index contributed by atoms with van der Waals surface area (Å²) in [7, 11) is 0. The van der Waals surface area contributed by atoms with Crippen molar-refractivity contribution >= 4 is 28.3 Å². The molecule has 2 fully saturated rings. The van der Waals surface area contributed by atoms with Crippen molar-refractivity contribution in [3.05, 3.63) is 65.3 Å². The second kappa shape index (κ2) is 8.68. The van der Waals surface area contributed by atoms with Crippen molar-refractivity contribution in [3.8, 4) is 5.75 Å². The Morgan fingerprint density at radius 3 is 2.45 bits per heavy atom. The molecule has 3 heterocycles. The number of hydrogen-bond donors (Lipinski definition) is 0. The first-order valence-corrected chi connectivity index (χ1v) is 11.7. The number of ether oxygens (including phenoxy) is 1. The molecule has 2 aromatic carbocycles. The normalized spacial score (nSPS) is 23.4. The Hall–Kier alpha value is -2.30. The van der Waals surface area contributed by atoms with Gasteiger partial charge in [0.2, 0.25) is 0 Å². The van der Waals surface area contributed by atoms with Crippen LogP contribution in [0.5, 0.6) is 5.75 Å². The summed E-state index contributed by atoms with van der Waals surface area (Å²) < 4.78 is 8.52. The first-order valence-electron chi connectivity index (χ1n) is 11.4. The molecule has 0 N–H and O–H groups in total. The van der Waals surface area contributed by atoms with Crippen molar-refractivity contribution in [3.63, 3.8) is 0 Å². The lowest BCUT2D eigenvalue weighted by atomic mass is 9.99. The third kappa shape index (κ3) is 4.24. The standard InChI is InChI=1S/C26H29ClN2O2/c1-18(30)25-17-28(26-6-3-2-5-24(25)26)13-4-14-29-20-9-10-21(29)16-23(15-20)31-22-11-7-19(27)8-12-22/h2-3,5-8,11-12,17,20-21,23H,4,9-10,13-16H2,1H3/t20-,21+,23?. The molecule has 3 aromatic rings. The minimum absolute atomic E-state index is 0.135. The van der Waals surface area contributed by atoms with Gasteiger partial charge < -0.3 is 9.30 Å². The van der Waals surface area contributed by atoms with E-state index in [1.54, 1.807) is 6.92 Å². The highest BCUT2D eigenvalue weighted by molar-refractivity contribution is 6.30. The van der Waals surface area contributed by atoms with Gasteiger partial charge in [0.05, 0.1) is 0 Å². The van der Waals surface area contributed by atoms with E-state index in [1.165, 1.54) is 12.8 Å². The third-order valence-corrected chi connectivity index (χ3v) is 7.19. The van der Waals surface area contributed by atoms with Gasteiger partial charge in [-0.3, -0.25) is 9.69 Å². The number of fused-ring (bicyclic) bond motifs is 3. The fourth-order valence-corrected chi connectivity index (χ4v) is 5.65. The zero-order valence-electron chi connectivity index (χ0n) is 18.0. The average Bonchev–Trinajstić information content (AvgIpc) is 3.24. The number of carbonyl (C=O) groups excluding carboxylic acids is 1. The van der Waals surface area contributed by atoms with E-state index in [0.717, 1.165) is 59.6 Å². The van der Waals surface area contributed by atoms with Crippen LogP contribution in [-0.4, -0.2) is 40.0 Å². The number of Topliss-reactive ketones (excluding diaryl/α,β-unsaturated/α-hetero) is 1. The summed E-state index contributed by atoms with van der Waals surface area (Å²) in [5.41, 5.74) is 1.99. The van der Waals surface area contributed by atoms with Gasteiger partial charge in [0.15, 0.2) is 5.78 Å². The molecule has 2 aliphatic heterocycles. The number of aryl methyl sites for hydroxylation is 1. The molecule has 2 aliphatic rings. The Morgan fingerprint density at radius 1 is 1.03 bits per heavy atom. The number of nitrogens with zero attached hydrogens (tertiary/aromatic N) is 2. The summed E-state index contributed by atoms with van der Waals surface area (Å²) in [4.78, 5) is 14.7. The topological polar surface area (TPSA) is 34.5 Å². The second-order valence-corrected chi connectivity index (χ2v) is 9.39. The van der Waals surface area contributed by atoms with Crippen LogP contribution < -0.4 is 4.74 Å². The maximum atomic E-state index is 12.0. The first-order chi connectivity index (χ1) is 15.1. The highest BCUT2D eigenvalue weighted by Crippen LogP contribution is 2.37. The zero-order valence-corrected chi connectivity index (χ0v) is 18.7. The maximum absolute atomic E-state index is 12.0. The van der Waals surface area contributed by atoms with Crippen molar-refractivity contribution in [2.45, 2.75) is 63.8 Å². The van der Waals surface area contributed by atoms with Crippen LogP contribution >= 0.6 is 11.6 Å². The molecule has 5 rings (SSSR count). The molecular weight excluding hydrogens is 408 g/mol. The van der Waals surface area contributed by atoms with Gasteiger partial charge in [-0.1, -0.05) is 29.8 Å². The van der Waals surface area contributed by atoms with Crippen LogP contribution in [-0.2, 0) is 6.54 Å². The van der Waals surface area contributed by atoms with E-state index in [9.17, 15) is 4.79 Å². The quantitative estimate of drug-likeness (QED) is 0.428. The smallest absolute Gasteiger partial charge is 0.161 e. The molecule has 1 unspecified atom stereocenters. The summed E-state index contributed by atoms with van der Waals surface area (Å²) in [5.74, 6) is 1.05. The van der Waals surface area contributed by atoms with E-state index in [4.69, 9.17) is 16.3 Å². The van der Waals surface area contributed by atoms with Gasteiger partial charge >= 0.3 is 0 Å². The van der Waals surface area contributed by atoms with Gasteiger partial charge in [-0.25, -0.2) is 0 Å². The number of carbonyl (C=O) groups is 1. The number of piperidine rings is 1. The Kier molecular flexibility index (Phi) is 5.77. The number of aromatic nitrogens is 1. The molecule has 5 heteroatoms. The molecule has 162 valence electrons. The Bertz CT molecular complexity index is 1060. The molecule has 0 radical (unpaired) electrons. The average molecular weight is 437 g/mol. The first kappa shape index (κ1) is 20.6. The van der Waals surface area contributed by atoms with Crippen molar-refractivity contribution in [2.75, 3.05) is 6.54 Å². The van der Waals surface area contributed by atoms with Crippen LogP contribution in [0.25, 0.3) is 10.9 Å². The number of halogens is 1. The van der Waals surface area contributed by atoms with Crippen LogP contribution in [0.2, 0.25) is 5.02 Å². The number of benzene rings is 2. The lowest BCUT2D eigenvalue weighted by Crippen LogP contribution is -2.46. The molecule has 4 nitrogen and oxygen atoms in total. The predicted octanol–water partition coefficient (Wildman–Crippen LogP) is 5.96. The largest absolute Gasteiger partial charge is 0.490 e. The monoisotopic (exact) mass is 436 g/mol. The third-order valence-electron chi connectivity index (χ3n) is 6.94. The summed E-state index contributed by atoms with van der Waals surface area (Å²) in [6, 6.07) is 17.2. The number of ketones is 1. The Balaban J connectivity index is 1.19. The molecule has 0 saturated carbocycles. The summed E-state index contributed by atoms with van der Waals surface area (Å²) in [6.07, 6.45) is 8.15. The van der Waals surface area contributed by atoms with Crippen LogP contribution in [0.4, 0.5) is 0 Å². The highest BCUT2D eigenvalue weighted by Gasteiger charge is 2.41. The molecule has 0 amide bonds. The van der Waals surface area contributed by atoms with E-state index < -0.39 is 0 Å². The minimum Gasteiger partial charge on any atom is -0.490 e.